The van der Waals surface area contributed by atoms with Crippen molar-refractivity contribution in [2.75, 3.05) is 6.61 Å². The van der Waals surface area contributed by atoms with Crippen LogP contribution in [0, 0.1) is 6.92 Å². The van der Waals surface area contributed by atoms with E-state index in [1.165, 1.54) is 19.2 Å². The first-order valence-corrected chi connectivity index (χ1v) is 13.8. The van der Waals surface area contributed by atoms with Crippen molar-refractivity contribution in [3.8, 4) is 22.5 Å². The first-order chi connectivity index (χ1) is 18.9. The van der Waals surface area contributed by atoms with Crippen molar-refractivity contribution in [1.82, 2.24) is 24.6 Å². The summed E-state index contributed by atoms with van der Waals surface area (Å²) in [6, 6.07) is 13.9. The topological polar surface area (TPSA) is 108 Å². The van der Waals surface area contributed by atoms with Crippen LogP contribution in [0.25, 0.3) is 22.5 Å². The number of rotatable bonds is 7. The molecule has 2 aromatic heterocycles. The molecule has 0 radical (unpaired) electrons. The molecule has 1 aliphatic heterocycles. The highest BCUT2D eigenvalue weighted by atomic mass is 32.2. The molecule has 40 heavy (non-hydrogen) atoms. The summed E-state index contributed by atoms with van der Waals surface area (Å²) >= 11 is 0. The minimum Gasteiger partial charge on any atom is -0.350 e. The lowest BCUT2D eigenvalue weighted by molar-refractivity contribution is -0.143. The molecule has 13 heteroatoms. The Labute approximate surface area is 228 Å². The third kappa shape index (κ3) is 5.94. The zero-order valence-electron chi connectivity index (χ0n) is 21.6. The van der Waals surface area contributed by atoms with Crippen molar-refractivity contribution in [3.05, 3.63) is 77.9 Å². The molecule has 0 aliphatic carbocycles. The molecule has 3 heterocycles. The van der Waals surface area contributed by atoms with Crippen molar-refractivity contribution >= 4 is 16.0 Å². The summed E-state index contributed by atoms with van der Waals surface area (Å²) in [5.41, 5.74) is 2.33. The Bertz CT molecular complexity index is 1640. The number of fused-ring (bicyclic) bond motifs is 1. The van der Waals surface area contributed by atoms with E-state index in [2.05, 4.69) is 15.4 Å². The van der Waals surface area contributed by atoms with Crippen LogP contribution < -0.4 is 5.32 Å². The number of carbonyl (C=O) groups is 1. The van der Waals surface area contributed by atoms with Gasteiger partial charge in [-0.15, -0.1) is 0 Å². The molecule has 0 saturated heterocycles. The van der Waals surface area contributed by atoms with Gasteiger partial charge in [0.1, 0.15) is 18.1 Å². The van der Waals surface area contributed by atoms with Crippen LogP contribution in [0.5, 0.6) is 0 Å². The fourth-order valence-electron chi connectivity index (χ4n) is 4.56. The molecular weight excluding hydrogens is 547 g/mol. The molecule has 1 atom stereocenters. The number of hydrogen-bond acceptors (Lipinski definition) is 6. The first kappa shape index (κ1) is 27.6. The largest absolute Gasteiger partial charge is 0.433 e. The van der Waals surface area contributed by atoms with Gasteiger partial charge in [-0.2, -0.15) is 26.7 Å². The van der Waals surface area contributed by atoms with Crippen molar-refractivity contribution in [2.45, 2.75) is 43.4 Å². The summed E-state index contributed by atoms with van der Waals surface area (Å²) in [6.45, 7) is 1.66. The van der Waals surface area contributed by atoms with Crippen LogP contribution in [0.4, 0.5) is 13.2 Å². The zero-order chi connectivity index (χ0) is 28.7. The van der Waals surface area contributed by atoms with Crippen LogP contribution in [-0.4, -0.2) is 46.3 Å². The third-order valence-electron chi connectivity index (χ3n) is 6.66. The molecule has 210 valence electrons. The lowest BCUT2D eigenvalue weighted by Crippen LogP contribution is -2.42. The van der Waals surface area contributed by atoms with E-state index >= 15 is 0 Å². The summed E-state index contributed by atoms with van der Waals surface area (Å²) in [6.07, 6.45) is -1.42. The second-order valence-electron chi connectivity index (χ2n) is 9.64. The summed E-state index contributed by atoms with van der Waals surface area (Å²) in [4.78, 5) is 17.1. The third-order valence-corrected chi connectivity index (χ3v) is 7.94. The molecular formula is C27H26F3N5O4S. The molecule has 0 bridgehead atoms. The maximum absolute atomic E-state index is 13.1. The molecule has 2 aromatic carbocycles. The minimum absolute atomic E-state index is 0.0155. The number of nitrogens with one attached hydrogen (secondary N) is 1. The smallest absolute Gasteiger partial charge is 0.350 e. The number of alkyl halides is 3. The van der Waals surface area contributed by atoms with E-state index in [1.54, 1.807) is 36.4 Å². The quantitative estimate of drug-likeness (QED) is 0.334. The summed E-state index contributed by atoms with van der Waals surface area (Å²) in [5, 5.41) is 6.80. The molecule has 1 N–H and O–H groups in total. The number of imidazole rings is 1. The van der Waals surface area contributed by atoms with E-state index in [4.69, 9.17) is 4.18 Å². The van der Waals surface area contributed by atoms with E-state index in [9.17, 15) is 26.4 Å². The number of benzene rings is 2. The molecule has 4 aromatic rings. The number of hydrogen-bond donors (Lipinski definition) is 1. The van der Waals surface area contributed by atoms with Gasteiger partial charge >= 0.3 is 6.18 Å². The molecule has 0 fully saturated rings. The molecule has 0 saturated carbocycles. The highest BCUT2D eigenvalue weighted by Crippen LogP contribution is 2.32. The fraction of sp³-hybridized carbons (Fsp3) is 0.296. The molecule has 5 rings (SSSR count). The molecule has 0 spiro atoms. The van der Waals surface area contributed by atoms with E-state index in [0.29, 0.717) is 30.6 Å². The van der Waals surface area contributed by atoms with Crippen molar-refractivity contribution in [2.24, 2.45) is 7.05 Å². The summed E-state index contributed by atoms with van der Waals surface area (Å²) in [5.74, 6) is 0.297. The average molecular weight is 574 g/mol. The maximum Gasteiger partial charge on any atom is 0.433 e. The Hall–Kier alpha value is -3.97. The van der Waals surface area contributed by atoms with Crippen LogP contribution in [0.1, 0.15) is 23.5 Å². The van der Waals surface area contributed by atoms with Gasteiger partial charge < -0.3 is 9.88 Å². The molecule has 9 nitrogen and oxygen atoms in total. The van der Waals surface area contributed by atoms with Crippen molar-refractivity contribution < 1.29 is 30.6 Å². The number of nitrogens with zero attached hydrogens (tertiary/aromatic N) is 4. The standard InChI is InChI=1S/C27H26F3N5O4S/c1-17-3-10-21(11-4-17)40(37,38)39-16-26(36)31-20-9-12-25-32-23(15-35(25)14-20)19-7-5-18(6-8-19)22-13-24(27(28,29)30)34(2)33-22/h3-8,10-11,13,15,20H,9,12,14,16H2,1-2H3,(H,31,36). The van der Waals surface area contributed by atoms with Gasteiger partial charge in [0.05, 0.1) is 16.3 Å². The van der Waals surface area contributed by atoms with E-state index < -0.39 is 34.5 Å². The van der Waals surface area contributed by atoms with Gasteiger partial charge in [-0.1, -0.05) is 42.0 Å². The van der Waals surface area contributed by atoms with Gasteiger partial charge in [-0.25, -0.2) is 4.98 Å². The second kappa shape index (κ2) is 10.5. The summed E-state index contributed by atoms with van der Waals surface area (Å²) in [7, 11) is -2.79. The summed E-state index contributed by atoms with van der Waals surface area (Å²) < 4.78 is 71.7. The number of aryl methyl sites for hydroxylation is 3. The maximum atomic E-state index is 13.1. The Morgan fingerprint density at radius 3 is 2.35 bits per heavy atom. The van der Waals surface area contributed by atoms with Gasteiger partial charge in [-0.05, 0) is 31.5 Å². The molecule has 1 unspecified atom stereocenters. The van der Waals surface area contributed by atoms with Crippen molar-refractivity contribution in [1.29, 1.82) is 0 Å². The Kier molecular flexibility index (Phi) is 7.27. The lowest BCUT2D eigenvalue weighted by Gasteiger charge is -2.24. The highest BCUT2D eigenvalue weighted by Gasteiger charge is 2.35. The fourth-order valence-corrected chi connectivity index (χ4v) is 5.43. The zero-order valence-corrected chi connectivity index (χ0v) is 22.5. The first-order valence-electron chi connectivity index (χ1n) is 12.4. The van der Waals surface area contributed by atoms with E-state index in [-0.39, 0.29) is 16.6 Å². The van der Waals surface area contributed by atoms with Gasteiger partial charge in [0.25, 0.3) is 10.1 Å². The van der Waals surface area contributed by atoms with Crippen LogP contribution in [-0.2, 0) is 45.3 Å². The van der Waals surface area contributed by atoms with Gasteiger partial charge in [0, 0.05) is 43.4 Å². The van der Waals surface area contributed by atoms with Crippen LogP contribution in [0.3, 0.4) is 0 Å². The van der Waals surface area contributed by atoms with E-state index in [0.717, 1.165) is 27.7 Å². The number of halogens is 3. The number of amides is 1. The Morgan fingerprint density at radius 2 is 1.73 bits per heavy atom. The van der Waals surface area contributed by atoms with Crippen LogP contribution >= 0.6 is 0 Å². The average Bonchev–Trinajstić information content (AvgIpc) is 3.51. The van der Waals surface area contributed by atoms with Gasteiger partial charge in [0.2, 0.25) is 5.91 Å². The minimum atomic E-state index is -4.49. The predicted molar refractivity (Wildman–Crippen MR) is 139 cm³/mol. The van der Waals surface area contributed by atoms with Crippen molar-refractivity contribution in [3.63, 3.8) is 0 Å². The van der Waals surface area contributed by atoms with Gasteiger partial charge in [-0.3, -0.25) is 13.7 Å². The highest BCUT2D eigenvalue weighted by molar-refractivity contribution is 7.86. The Balaban J connectivity index is 1.20. The van der Waals surface area contributed by atoms with Crippen LogP contribution in [0.15, 0.2) is 65.7 Å². The molecule has 1 aliphatic rings. The lowest BCUT2D eigenvalue weighted by atomic mass is 10.1. The normalized spacial score (nSPS) is 15.6. The van der Waals surface area contributed by atoms with Gasteiger partial charge in [0.15, 0.2) is 0 Å². The van der Waals surface area contributed by atoms with Crippen LogP contribution in [0.2, 0.25) is 0 Å². The second-order valence-corrected chi connectivity index (χ2v) is 11.3. The monoisotopic (exact) mass is 573 g/mol. The SMILES string of the molecule is Cc1ccc(S(=O)(=O)OCC(=O)NC2CCc3nc(-c4ccc(-c5cc(C(F)(F)F)n(C)n5)cc4)cn3C2)cc1. The number of carbonyl (C=O) groups excluding carboxylic acids is 1. The predicted octanol–water partition coefficient (Wildman–Crippen LogP) is 4.11. The van der Waals surface area contributed by atoms with E-state index in [1.807, 2.05) is 17.7 Å². The number of aromatic nitrogens is 4. The molecule has 1 amide bonds. The Morgan fingerprint density at radius 1 is 1.07 bits per heavy atom.